The van der Waals surface area contributed by atoms with Crippen LogP contribution in [-0.4, -0.2) is 30.3 Å². The maximum absolute atomic E-state index is 12.0. The van der Waals surface area contributed by atoms with Crippen LogP contribution in [-0.2, 0) is 9.53 Å². The fourth-order valence-corrected chi connectivity index (χ4v) is 2.10. The molecule has 0 radical (unpaired) electrons. The van der Waals surface area contributed by atoms with Gasteiger partial charge in [-0.2, -0.15) is 0 Å². The SMILES string of the molecule is CC(C)Oc1ccc(C(C)NC(=O)CCNC(=O)OC(C)(C)C)cc1. The third kappa shape index (κ3) is 8.98. The highest BCUT2D eigenvalue weighted by Crippen LogP contribution is 2.18. The van der Waals surface area contributed by atoms with E-state index in [0.717, 1.165) is 11.3 Å². The summed E-state index contributed by atoms with van der Waals surface area (Å²) < 4.78 is 10.7. The molecular weight excluding hydrogens is 320 g/mol. The van der Waals surface area contributed by atoms with Gasteiger partial charge in [0.2, 0.25) is 5.91 Å². The summed E-state index contributed by atoms with van der Waals surface area (Å²) in [6.45, 7) is 11.5. The number of amides is 2. The van der Waals surface area contributed by atoms with Gasteiger partial charge in [0.05, 0.1) is 12.1 Å². The van der Waals surface area contributed by atoms with E-state index in [1.807, 2.05) is 45.0 Å². The van der Waals surface area contributed by atoms with Crippen LogP contribution in [0.2, 0.25) is 0 Å². The lowest BCUT2D eigenvalue weighted by molar-refractivity contribution is -0.121. The van der Waals surface area contributed by atoms with Gasteiger partial charge in [0.25, 0.3) is 0 Å². The Hall–Kier alpha value is -2.24. The van der Waals surface area contributed by atoms with Crippen molar-refractivity contribution >= 4 is 12.0 Å². The molecule has 6 nitrogen and oxygen atoms in total. The van der Waals surface area contributed by atoms with Gasteiger partial charge in [-0.3, -0.25) is 4.79 Å². The molecule has 0 saturated heterocycles. The van der Waals surface area contributed by atoms with E-state index in [4.69, 9.17) is 9.47 Å². The topological polar surface area (TPSA) is 76.7 Å². The molecule has 0 heterocycles. The number of hydrogen-bond acceptors (Lipinski definition) is 4. The molecule has 2 N–H and O–H groups in total. The lowest BCUT2D eigenvalue weighted by atomic mass is 10.1. The lowest BCUT2D eigenvalue weighted by Gasteiger charge is -2.19. The van der Waals surface area contributed by atoms with E-state index >= 15 is 0 Å². The molecule has 1 rings (SSSR count). The minimum absolute atomic E-state index is 0.123. The van der Waals surface area contributed by atoms with Gasteiger partial charge in [-0.15, -0.1) is 0 Å². The maximum Gasteiger partial charge on any atom is 0.407 e. The van der Waals surface area contributed by atoms with Gasteiger partial charge in [0.15, 0.2) is 0 Å². The second-order valence-electron chi connectivity index (χ2n) is 7.20. The Bertz CT molecular complexity index is 562. The van der Waals surface area contributed by atoms with Crippen molar-refractivity contribution in [3.05, 3.63) is 29.8 Å². The fourth-order valence-electron chi connectivity index (χ4n) is 2.10. The van der Waals surface area contributed by atoms with Crippen molar-refractivity contribution in [3.63, 3.8) is 0 Å². The average Bonchev–Trinajstić information content (AvgIpc) is 2.45. The second-order valence-corrected chi connectivity index (χ2v) is 7.20. The van der Waals surface area contributed by atoms with Gasteiger partial charge in [-0.25, -0.2) is 4.79 Å². The van der Waals surface area contributed by atoms with Gasteiger partial charge in [-0.05, 0) is 59.2 Å². The van der Waals surface area contributed by atoms with Crippen LogP contribution in [0.1, 0.15) is 59.6 Å². The van der Waals surface area contributed by atoms with Crippen molar-refractivity contribution < 1.29 is 19.1 Å². The number of carbonyl (C=O) groups is 2. The minimum atomic E-state index is -0.549. The van der Waals surface area contributed by atoms with Crippen LogP contribution in [0.5, 0.6) is 5.75 Å². The molecule has 25 heavy (non-hydrogen) atoms. The van der Waals surface area contributed by atoms with E-state index in [1.54, 1.807) is 20.8 Å². The zero-order valence-corrected chi connectivity index (χ0v) is 16.0. The molecule has 0 bridgehead atoms. The number of ether oxygens (including phenoxy) is 2. The molecule has 0 fully saturated rings. The van der Waals surface area contributed by atoms with E-state index in [2.05, 4.69) is 10.6 Å². The van der Waals surface area contributed by atoms with Crippen molar-refractivity contribution in [2.45, 2.75) is 65.7 Å². The normalized spacial score (nSPS) is 12.4. The highest BCUT2D eigenvalue weighted by atomic mass is 16.6. The number of alkyl carbamates (subject to hydrolysis) is 1. The highest BCUT2D eigenvalue weighted by molar-refractivity contribution is 5.77. The summed E-state index contributed by atoms with van der Waals surface area (Å²) in [5.41, 5.74) is 0.441. The standard InChI is InChI=1S/C19H30N2O4/c1-13(2)24-16-9-7-15(8-10-16)14(3)21-17(22)11-12-20-18(23)25-19(4,5)6/h7-10,13-14H,11-12H2,1-6H3,(H,20,23)(H,21,22). The monoisotopic (exact) mass is 350 g/mol. The zero-order valence-electron chi connectivity index (χ0n) is 16.0. The van der Waals surface area contributed by atoms with Crippen LogP contribution in [0.4, 0.5) is 4.79 Å². The molecule has 1 aromatic rings. The Balaban J connectivity index is 2.37. The number of nitrogens with one attached hydrogen (secondary N) is 2. The van der Waals surface area contributed by atoms with E-state index in [-0.39, 0.29) is 31.0 Å². The van der Waals surface area contributed by atoms with Gasteiger partial charge >= 0.3 is 6.09 Å². The molecule has 0 saturated carbocycles. The van der Waals surface area contributed by atoms with Crippen molar-refractivity contribution in [1.29, 1.82) is 0 Å². The zero-order chi connectivity index (χ0) is 19.0. The highest BCUT2D eigenvalue weighted by Gasteiger charge is 2.16. The van der Waals surface area contributed by atoms with Crippen LogP contribution in [0.25, 0.3) is 0 Å². The lowest BCUT2D eigenvalue weighted by Crippen LogP contribution is -2.35. The molecule has 1 unspecified atom stereocenters. The third-order valence-electron chi connectivity index (χ3n) is 3.15. The largest absolute Gasteiger partial charge is 0.491 e. The summed E-state index contributed by atoms with van der Waals surface area (Å²) in [7, 11) is 0. The Morgan fingerprint density at radius 3 is 2.20 bits per heavy atom. The van der Waals surface area contributed by atoms with Gasteiger partial charge in [-0.1, -0.05) is 12.1 Å². The summed E-state index contributed by atoms with van der Waals surface area (Å²) in [5.74, 6) is 0.671. The molecule has 0 aliphatic heterocycles. The van der Waals surface area contributed by atoms with Crippen LogP contribution < -0.4 is 15.4 Å². The number of carbonyl (C=O) groups excluding carboxylic acids is 2. The Labute approximate surface area is 150 Å². The molecule has 140 valence electrons. The number of benzene rings is 1. The summed E-state index contributed by atoms with van der Waals surface area (Å²) in [6.07, 6.45) is -0.201. The predicted molar refractivity (Wildman–Crippen MR) is 97.6 cm³/mol. The van der Waals surface area contributed by atoms with Crippen molar-refractivity contribution in [2.24, 2.45) is 0 Å². The minimum Gasteiger partial charge on any atom is -0.491 e. The van der Waals surface area contributed by atoms with E-state index in [9.17, 15) is 9.59 Å². The first-order valence-corrected chi connectivity index (χ1v) is 8.59. The van der Waals surface area contributed by atoms with Crippen molar-refractivity contribution in [1.82, 2.24) is 10.6 Å². The quantitative estimate of drug-likeness (QED) is 0.788. The number of rotatable bonds is 7. The van der Waals surface area contributed by atoms with E-state index in [0.29, 0.717) is 0 Å². The third-order valence-corrected chi connectivity index (χ3v) is 3.15. The molecule has 0 spiro atoms. The molecule has 2 amide bonds. The second kappa shape index (κ2) is 9.30. The summed E-state index contributed by atoms with van der Waals surface area (Å²) in [5, 5.41) is 5.48. The molecule has 0 aliphatic rings. The summed E-state index contributed by atoms with van der Waals surface area (Å²) in [6, 6.07) is 7.52. The summed E-state index contributed by atoms with van der Waals surface area (Å²) >= 11 is 0. The van der Waals surface area contributed by atoms with Gasteiger partial charge in [0.1, 0.15) is 11.4 Å². The van der Waals surface area contributed by atoms with Crippen LogP contribution >= 0.6 is 0 Å². The fraction of sp³-hybridized carbons (Fsp3) is 0.579. The first-order valence-electron chi connectivity index (χ1n) is 8.59. The molecule has 0 aromatic heterocycles. The van der Waals surface area contributed by atoms with Crippen molar-refractivity contribution in [3.8, 4) is 5.75 Å². The van der Waals surface area contributed by atoms with Crippen LogP contribution in [0.3, 0.4) is 0 Å². The molecule has 1 atom stereocenters. The molecule has 1 aromatic carbocycles. The Kier molecular flexibility index (Phi) is 7.74. The Morgan fingerprint density at radius 1 is 1.08 bits per heavy atom. The van der Waals surface area contributed by atoms with Crippen molar-refractivity contribution in [2.75, 3.05) is 6.54 Å². The molecule has 0 aliphatic carbocycles. The van der Waals surface area contributed by atoms with Gasteiger partial charge in [0, 0.05) is 13.0 Å². The molecular formula is C19H30N2O4. The average molecular weight is 350 g/mol. The van der Waals surface area contributed by atoms with Crippen LogP contribution in [0.15, 0.2) is 24.3 Å². The van der Waals surface area contributed by atoms with Gasteiger partial charge < -0.3 is 20.1 Å². The summed E-state index contributed by atoms with van der Waals surface area (Å²) in [4.78, 5) is 23.5. The van der Waals surface area contributed by atoms with E-state index < -0.39 is 11.7 Å². The van der Waals surface area contributed by atoms with E-state index in [1.165, 1.54) is 0 Å². The molecule has 6 heteroatoms. The Morgan fingerprint density at radius 2 is 1.68 bits per heavy atom. The first kappa shape index (κ1) is 20.8. The predicted octanol–water partition coefficient (Wildman–Crippen LogP) is 3.57. The first-order chi connectivity index (χ1) is 11.6. The number of hydrogen-bond donors (Lipinski definition) is 2. The van der Waals surface area contributed by atoms with Crippen LogP contribution in [0, 0.1) is 0 Å². The maximum atomic E-state index is 12.0. The smallest absolute Gasteiger partial charge is 0.407 e.